The molecule has 0 radical (unpaired) electrons. The highest BCUT2D eigenvalue weighted by molar-refractivity contribution is 6.22. The van der Waals surface area contributed by atoms with Gasteiger partial charge in [0.2, 0.25) is 0 Å². The third-order valence-electron chi connectivity index (χ3n) is 2.63. The summed E-state index contributed by atoms with van der Waals surface area (Å²) in [5.41, 5.74) is 0.579. The quantitative estimate of drug-likeness (QED) is 0.693. The molecule has 0 bridgehead atoms. The number of alkyl halides is 2. The number of hydrogen-bond acceptors (Lipinski definition) is 0. The zero-order valence-electron chi connectivity index (χ0n) is 8.06. The van der Waals surface area contributed by atoms with E-state index in [1.165, 1.54) is 12.1 Å². The lowest BCUT2D eigenvalue weighted by atomic mass is 9.82. The van der Waals surface area contributed by atoms with E-state index in [1.54, 1.807) is 6.07 Å². The van der Waals surface area contributed by atoms with Gasteiger partial charge in [0.05, 0.1) is 0 Å². The van der Waals surface area contributed by atoms with E-state index in [0.29, 0.717) is 11.8 Å². The highest BCUT2D eigenvalue weighted by atomic mass is 35.5. The van der Waals surface area contributed by atoms with Crippen LogP contribution in [0.5, 0.6) is 0 Å². The summed E-state index contributed by atoms with van der Waals surface area (Å²) < 4.78 is 13.0. The number of rotatable bonds is 4. The molecule has 0 unspecified atom stereocenters. The molecular formula is C11H13Cl2F. The fraction of sp³-hybridized carbons (Fsp3) is 0.455. The minimum absolute atomic E-state index is 0.240. The lowest BCUT2D eigenvalue weighted by Crippen LogP contribution is -2.29. The average Bonchev–Trinajstić information content (AvgIpc) is 2.22. The van der Waals surface area contributed by atoms with Gasteiger partial charge in [-0.05, 0) is 24.1 Å². The van der Waals surface area contributed by atoms with Crippen LogP contribution in [0, 0.1) is 5.82 Å². The molecule has 0 saturated heterocycles. The summed E-state index contributed by atoms with van der Waals surface area (Å²) in [6, 6.07) is 6.49. The first-order chi connectivity index (χ1) is 6.68. The van der Waals surface area contributed by atoms with Crippen LogP contribution in [0.1, 0.15) is 18.9 Å². The van der Waals surface area contributed by atoms with Crippen molar-refractivity contribution in [2.75, 3.05) is 11.8 Å². The van der Waals surface area contributed by atoms with Crippen LogP contribution in [0.2, 0.25) is 0 Å². The molecule has 0 fully saturated rings. The third kappa shape index (κ3) is 2.21. The van der Waals surface area contributed by atoms with Gasteiger partial charge in [0.25, 0.3) is 0 Å². The van der Waals surface area contributed by atoms with Crippen LogP contribution in [0.25, 0.3) is 0 Å². The molecule has 14 heavy (non-hydrogen) atoms. The van der Waals surface area contributed by atoms with Crippen LogP contribution in [0.3, 0.4) is 0 Å². The van der Waals surface area contributed by atoms with Crippen LogP contribution < -0.4 is 0 Å². The van der Waals surface area contributed by atoms with Crippen LogP contribution >= 0.6 is 23.2 Å². The molecule has 0 spiro atoms. The second-order valence-corrected chi connectivity index (χ2v) is 3.95. The predicted octanol–water partition coefficient (Wildman–Crippen LogP) is 3.95. The van der Waals surface area contributed by atoms with Crippen molar-refractivity contribution in [1.82, 2.24) is 0 Å². The Hall–Kier alpha value is -0.270. The average molecular weight is 235 g/mol. The third-order valence-corrected chi connectivity index (χ3v) is 3.65. The molecule has 0 heterocycles. The minimum atomic E-state index is -0.300. The summed E-state index contributed by atoms with van der Waals surface area (Å²) in [6.45, 7) is 2.01. The Morgan fingerprint density at radius 3 is 2.36 bits per heavy atom. The first kappa shape index (κ1) is 11.8. The fourth-order valence-electron chi connectivity index (χ4n) is 1.40. The summed E-state index contributed by atoms with van der Waals surface area (Å²) in [5.74, 6) is 0.586. The summed E-state index contributed by atoms with van der Waals surface area (Å²) in [5, 5.41) is 0. The molecule has 0 aliphatic heterocycles. The first-order valence-corrected chi connectivity index (χ1v) is 5.63. The number of halogens is 3. The van der Waals surface area contributed by atoms with Crippen molar-refractivity contribution in [2.24, 2.45) is 0 Å². The summed E-state index contributed by atoms with van der Waals surface area (Å²) >= 11 is 11.8. The molecular weight excluding hydrogens is 222 g/mol. The van der Waals surface area contributed by atoms with E-state index in [2.05, 4.69) is 0 Å². The maximum absolute atomic E-state index is 13.0. The maximum Gasteiger partial charge on any atom is 0.123 e. The Morgan fingerprint density at radius 2 is 1.93 bits per heavy atom. The van der Waals surface area contributed by atoms with E-state index >= 15 is 0 Å². The van der Waals surface area contributed by atoms with Crippen LogP contribution in [-0.4, -0.2) is 11.8 Å². The van der Waals surface area contributed by atoms with Crippen LogP contribution in [0.4, 0.5) is 4.39 Å². The second-order valence-electron chi connectivity index (χ2n) is 3.41. The Balaban J connectivity index is 3.10. The van der Waals surface area contributed by atoms with Crippen molar-refractivity contribution >= 4 is 23.2 Å². The van der Waals surface area contributed by atoms with Crippen molar-refractivity contribution in [3.63, 3.8) is 0 Å². The normalized spacial score (nSPS) is 11.7. The van der Waals surface area contributed by atoms with Crippen molar-refractivity contribution in [3.8, 4) is 0 Å². The monoisotopic (exact) mass is 234 g/mol. The lowest BCUT2D eigenvalue weighted by molar-refractivity contribution is 0.513. The molecule has 1 aromatic rings. The van der Waals surface area contributed by atoms with Gasteiger partial charge in [0.15, 0.2) is 0 Å². The van der Waals surface area contributed by atoms with Gasteiger partial charge >= 0.3 is 0 Å². The van der Waals surface area contributed by atoms with E-state index in [4.69, 9.17) is 23.2 Å². The van der Waals surface area contributed by atoms with Crippen LogP contribution in [-0.2, 0) is 5.41 Å². The lowest BCUT2D eigenvalue weighted by Gasteiger charge is -2.28. The van der Waals surface area contributed by atoms with Gasteiger partial charge in [0, 0.05) is 17.2 Å². The van der Waals surface area contributed by atoms with E-state index in [9.17, 15) is 4.39 Å². The molecule has 0 amide bonds. The largest absolute Gasteiger partial charge is 0.207 e. The molecule has 0 nitrogen and oxygen atoms in total. The molecule has 1 rings (SSSR count). The molecule has 3 heteroatoms. The van der Waals surface area contributed by atoms with E-state index in [-0.39, 0.29) is 11.2 Å². The zero-order chi connectivity index (χ0) is 10.6. The van der Waals surface area contributed by atoms with Gasteiger partial charge in [-0.25, -0.2) is 4.39 Å². The predicted molar refractivity (Wildman–Crippen MR) is 59.8 cm³/mol. The summed E-state index contributed by atoms with van der Waals surface area (Å²) in [4.78, 5) is 0. The summed E-state index contributed by atoms with van der Waals surface area (Å²) in [6.07, 6.45) is 0.809. The van der Waals surface area contributed by atoms with E-state index < -0.39 is 0 Å². The first-order valence-electron chi connectivity index (χ1n) is 4.56. The SMILES string of the molecule is CCC(CCl)(CCl)c1cccc(F)c1. The molecule has 0 aromatic heterocycles. The van der Waals surface area contributed by atoms with Gasteiger partial charge in [-0.15, -0.1) is 23.2 Å². The van der Waals surface area contributed by atoms with Gasteiger partial charge < -0.3 is 0 Å². The standard InChI is InChI=1S/C11H13Cl2F/c1-2-11(7-12,8-13)9-4-3-5-10(14)6-9/h3-6H,2,7-8H2,1H3. The smallest absolute Gasteiger partial charge is 0.123 e. The molecule has 0 aliphatic rings. The molecule has 0 aliphatic carbocycles. The van der Waals surface area contributed by atoms with Gasteiger partial charge in [0.1, 0.15) is 5.82 Å². The highest BCUT2D eigenvalue weighted by Crippen LogP contribution is 2.31. The Bertz CT molecular complexity index is 287. The minimum Gasteiger partial charge on any atom is -0.207 e. The molecule has 78 valence electrons. The van der Waals surface area contributed by atoms with Gasteiger partial charge in [-0.2, -0.15) is 0 Å². The molecule has 0 N–H and O–H groups in total. The fourth-order valence-corrected chi connectivity index (χ4v) is 2.37. The van der Waals surface area contributed by atoms with Gasteiger partial charge in [-0.3, -0.25) is 0 Å². The molecule has 0 saturated carbocycles. The summed E-state index contributed by atoms with van der Waals surface area (Å²) in [7, 11) is 0. The highest BCUT2D eigenvalue weighted by Gasteiger charge is 2.28. The van der Waals surface area contributed by atoms with Crippen molar-refractivity contribution in [2.45, 2.75) is 18.8 Å². The van der Waals surface area contributed by atoms with Crippen molar-refractivity contribution < 1.29 is 4.39 Å². The van der Waals surface area contributed by atoms with E-state index in [0.717, 1.165) is 12.0 Å². The maximum atomic E-state index is 13.0. The zero-order valence-corrected chi connectivity index (χ0v) is 9.58. The Labute approximate surface area is 94.0 Å². The van der Waals surface area contributed by atoms with Crippen molar-refractivity contribution in [1.29, 1.82) is 0 Å². The Kier molecular flexibility index (Phi) is 4.21. The molecule has 1 aromatic carbocycles. The molecule has 0 atom stereocenters. The van der Waals surface area contributed by atoms with E-state index in [1.807, 2.05) is 13.0 Å². The number of hydrogen-bond donors (Lipinski definition) is 0. The van der Waals surface area contributed by atoms with Gasteiger partial charge in [-0.1, -0.05) is 19.1 Å². The Morgan fingerprint density at radius 1 is 1.29 bits per heavy atom. The second kappa shape index (κ2) is 4.99. The van der Waals surface area contributed by atoms with Crippen molar-refractivity contribution in [3.05, 3.63) is 35.6 Å². The van der Waals surface area contributed by atoms with Crippen LogP contribution in [0.15, 0.2) is 24.3 Å². The topological polar surface area (TPSA) is 0 Å². The number of benzene rings is 1.